The summed E-state index contributed by atoms with van der Waals surface area (Å²) in [5, 5.41) is 0. The van der Waals surface area contributed by atoms with Crippen LogP contribution in [0.25, 0.3) is 10.2 Å². The molecule has 1 amide bonds. The Morgan fingerprint density at radius 3 is 2.48 bits per heavy atom. The zero-order chi connectivity index (χ0) is 16.7. The lowest BCUT2D eigenvalue weighted by molar-refractivity contribution is 0.0997. The van der Waals surface area contributed by atoms with Gasteiger partial charge in [-0.25, -0.2) is 0 Å². The molecule has 2 aromatic carbocycles. The van der Waals surface area contributed by atoms with Crippen LogP contribution >= 0.6 is 11.3 Å². The van der Waals surface area contributed by atoms with Gasteiger partial charge in [-0.2, -0.15) is 4.99 Å². The third-order valence-corrected chi connectivity index (χ3v) is 5.34. The molecule has 0 aliphatic heterocycles. The van der Waals surface area contributed by atoms with Crippen LogP contribution in [0.4, 0.5) is 0 Å². The van der Waals surface area contributed by atoms with E-state index in [1.807, 2.05) is 43.7 Å². The first-order valence-corrected chi connectivity index (χ1v) is 8.41. The molecule has 23 heavy (non-hydrogen) atoms. The van der Waals surface area contributed by atoms with Crippen LogP contribution in [-0.4, -0.2) is 10.5 Å². The number of carbonyl (C=O) groups is 1. The molecule has 3 nitrogen and oxygen atoms in total. The summed E-state index contributed by atoms with van der Waals surface area (Å²) in [6, 6.07) is 10.2. The van der Waals surface area contributed by atoms with E-state index >= 15 is 0 Å². The van der Waals surface area contributed by atoms with E-state index < -0.39 is 0 Å². The van der Waals surface area contributed by atoms with Crippen molar-refractivity contribution in [1.82, 2.24) is 4.57 Å². The van der Waals surface area contributed by atoms with Crippen LogP contribution in [0.15, 0.2) is 35.3 Å². The minimum atomic E-state index is -0.178. The number of thiazole rings is 1. The Morgan fingerprint density at radius 1 is 1.00 bits per heavy atom. The van der Waals surface area contributed by atoms with Crippen LogP contribution in [0, 0.1) is 27.7 Å². The second-order valence-corrected chi connectivity index (χ2v) is 7.09. The first-order valence-electron chi connectivity index (χ1n) is 7.60. The smallest absolute Gasteiger partial charge is 0.279 e. The van der Waals surface area contributed by atoms with E-state index in [0.717, 1.165) is 21.4 Å². The molecular weight excluding hydrogens is 304 g/mol. The van der Waals surface area contributed by atoms with E-state index in [-0.39, 0.29) is 5.91 Å². The predicted octanol–water partition coefficient (Wildman–Crippen LogP) is 4.21. The highest BCUT2D eigenvalue weighted by Crippen LogP contribution is 2.22. The Morgan fingerprint density at radius 2 is 1.74 bits per heavy atom. The average molecular weight is 324 g/mol. The first-order chi connectivity index (χ1) is 10.9. The van der Waals surface area contributed by atoms with Gasteiger partial charge in [0.2, 0.25) is 0 Å². The molecule has 3 rings (SSSR count). The fourth-order valence-corrected chi connectivity index (χ4v) is 3.85. The van der Waals surface area contributed by atoms with Gasteiger partial charge in [0.25, 0.3) is 5.91 Å². The van der Waals surface area contributed by atoms with Crippen molar-refractivity contribution in [2.45, 2.75) is 27.7 Å². The Labute approximate surface area is 139 Å². The molecule has 0 saturated heterocycles. The summed E-state index contributed by atoms with van der Waals surface area (Å²) in [5.74, 6) is -0.178. The molecule has 0 radical (unpaired) electrons. The molecular formula is C19H20N2OS. The van der Waals surface area contributed by atoms with Crippen LogP contribution in [0.1, 0.15) is 32.6 Å². The zero-order valence-electron chi connectivity index (χ0n) is 14.1. The van der Waals surface area contributed by atoms with Crippen molar-refractivity contribution in [2.75, 3.05) is 0 Å². The molecule has 0 N–H and O–H groups in total. The van der Waals surface area contributed by atoms with Gasteiger partial charge in [-0.05, 0) is 56.5 Å². The van der Waals surface area contributed by atoms with E-state index in [2.05, 4.69) is 31.0 Å². The Hall–Kier alpha value is -2.20. The van der Waals surface area contributed by atoms with Gasteiger partial charge in [0.05, 0.1) is 10.2 Å². The van der Waals surface area contributed by atoms with E-state index in [1.54, 1.807) is 11.3 Å². The lowest BCUT2D eigenvalue weighted by Crippen LogP contribution is -2.13. The van der Waals surface area contributed by atoms with Gasteiger partial charge >= 0.3 is 0 Å². The summed E-state index contributed by atoms with van der Waals surface area (Å²) in [5.41, 5.74) is 6.27. The van der Waals surface area contributed by atoms with Crippen LogP contribution in [0.5, 0.6) is 0 Å². The number of hydrogen-bond acceptors (Lipinski definition) is 2. The van der Waals surface area contributed by atoms with Gasteiger partial charge in [-0.1, -0.05) is 35.1 Å². The van der Waals surface area contributed by atoms with Crippen molar-refractivity contribution in [2.24, 2.45) is 12.0 Å². The molecule has 1 aromatic heterocycles. The Bertz CT molecular complexity index is 993. The van der Waals surface area contributed by atoms with Gasteiger partial charge in [-0.15, -0.1) is 0 Å². The number of aryl methyl sites for hydroxylation is 5. The molecule has 118 valence electrons. The number of nitrogens with zero attached hydrogens (tertiary/aromatic N) is 2. The molecule has 0 bridgehead atoms. The number of benzene rings is 2. The highest BCUT2D eigenvalue weighted by Gasteiger charge is 2.11. The summed E-state index contributed by atoms with van der Waals surface area (Å²) in [7, 11) is 1.97. The quantitative estimate of drug-likeness (QED) is 0.660. The number of amides is 1. The second kappa shape index (κ2) is 5.78. The van der Waals surface area contributed by atoms with Gasteiger partial charge in [0, 0.05) is 12.6 Å². The minimum Gasteiger partial charge on any atom is -0.319 e. The zero-order valence-corrected chi connectivity index (χ0v) is 14.9. The van der Waals surface area contributed by atoms with E-state index in [4.69, 9.17) is 0 Å². The van der Waals surface area contributed by atoms with Crippen LogP contribution in [-0.2, 0) is 7.05 Å². The van der Waals surface area contributed by atoms with Crippen molar-refractivity contribution in [3.63, 3.8) is 0 Å². The normalized spacial score (nSPS) is 12.1. The standard InChI is InChI=1S/C19H20N2OS/c1-11-6-7-13(3)15(9-11)18(22)20-19-21(5)16-10-12(2)8-14(4)17(16)23-19/h6-10H,1-5H3. The van der Waals surface area contributed by atoms with Gasteiger partial charge in [0.15, 0.2) is 4.80 Å². The van der Waals surface area contributed by atoms with Gasteiger partial charge < -0.3 is 4.57 Å². The highest BCUT2D eigenvalue weighted by molar-refractivity contribution is 7.16. The number of hydrogen-bond donors (Lipinski definition) is 0. The lowest BCUT2D eigenvalue weighted by atomic mass is 10.1. The van der Waals surface area contributed by atoms with E-state index in [9.17, 15) is 4.79 Å². The number of rotatable bonds is 1. The van der Waals surface area contributed by atoms with Crippen LogP contribution in [0.3, 0.4) is 0 Å². The van der Waals surface area contributed by atoms with E-state index in [1.165, 1.54) is 15.8 Å². The summed E-state index contributed by atoms with van der Waals surface area (Å²) < 4.78 is 3.19. The largest absolute Gasteiger partial charge is 0.319 e. The topological polar surface area (TPSA) is 34.4 Å². The maximum Gasteiger partial charge on any atom is 0.279 e. The number of fused-ring (bicyclic) bond motifs is 1. The van der Waals surface area contributed by atoms with Gasteiger partial charge in [-0.3, -0.25) is 4.79 Å². The summed E-state index contributed by atoms with van der Waals surface area (Å²) in [6.45, 7) is 8.12. The summed E-state index contributed by atoms with van der Waals surface area (Å²) in [6.07, 6.45) is 0. The summed E-state index contributed by atoms with van der Waals surface area (Å²) >= 11 is 1.57. The van der Waals surface area contributed by atoms with Crippen molar-refractivity contribution in [3.8, 4) is 0 Å². The average Bonchev–Trinajstić information content (AvgIpc) is 2.79. The van der Waals surface area contributed by atoms with Crippen molar-refractivity contribution in [1.29, 1.82) is 0 Å². The number of aromatic nitrogens is 1. The maximum atomic E-state index is 12.6. The van der Waals surface area contributed by atoms with Gasteiger partial charge in [0.1, 0.15) is 0 Å². The lowest BCUT2D eigenvalue weighted by Gasteiger charge is -2.02. The number of carbonyl (C=O) groups excluding carboxylic acids is 1. The summed E-state index contributed by atoms with van der Waals surface area (Å²) in [4.78, 5) is 17.7. The van der Waals surface area contributed by atoms with Crippen molar-refractivity contribution >= 4 is 27.5 Å². The molecule has 0 aliphatic rings. The molecule has 0 aliphatic carbocycles. The Balaban J connectivity index is 2.18. The molecule has 0 unspecified atom stereocenters. The first kappa shape index (κ1) is 15.7. The van der Waals surface area contributed by atoms with Crippen LogP contribution in [0.2, 0.25) is 0 Å². The third kappa shape index (κ3) is 2.86. The van der Waals surface area contributed by atoms with Crippen molar-refractivity contribution < 1.29 is 4.79 Å². The molecule has 0 saturated carbocycles. The van der Waals surface area contributed by atoms with Crippen LogP contribution < -0.4 is 4.80 Å². The maximum absolute atomic E-state index is 12.6. The Kier molecular flexibility index (Phi) is 3.94. The monoisotopic (exact) mass is 324 g/mol. The molecule has 1 heterocycles. The highest BCUT2D eigenvalue weighted by atomic mass is 32.1. The molecule has 3 aromatic rings. The molecule has 4 heteroatoms. The SMILES string of the molecule is Cc1ccc(C)c(C(=O)N=c2sc3c(C)cc(C)cc3n2C)c1. The predicted molar refractivity (Wildman–Crippen MR) is 96.1 cm³/mol. The fourth-order valence-electron chi connectivity index (χ4n) is 2.79. The van der Waals surface area contributed by atoms with E-state index in [0.29, 0.717) is 5.56 Å². The molecule has 0 fully saturated rings. The third-order valence-electron chi connectivity index (χ3n) is 4.06. The minimum absolute atomic E-state index is 0.178. The molecule has 0 spiro atoms. The fraction of sp³-hybridized carbons (Fsp3) is 0.263. The second-order valence-electron chi connectivity index (χ2n) is 6.11. The van der Waals surface area contributed by atoms with Crippen molar-refractivity contribution in [3.05, 3.63) is 63.0 Å². The molecule has 0 atom stereocenters.